The van der Waals surface area contributed by atoms with E-state index in [2.05, 4.69) is 49.2 Å². The van der Waals surface area contributed by atoms with Crippen molar-refractivity contribution in [2.45, 2.75) is 13.8 Å². The van der Waals surface area contributed by atoms with Gasteiger partial charge in [0, 0.05) is 11.9 Å². The molecule has 66 valence electrons. The molecule has 1 aromatic heterocycles. The Morgan fingerprint density at radius 2 is 1.62 bits per heavy atom. The van der Waals surface area contributed by atoms with E-state index in [9.17, 15) is 0 Å². The van der Waals surface area contributed by atoms with Gasteiger partial charge in [0.15, 0.2) is 0 Å². The first-order valence-corrected chi connectivity index (χ1v) is 4.48. The molecule has 2 aromatic rings. The normalized spacial score (nSPS) is 10.3. The largest absolute Gasteiger partial charge is 0.365 e. The molecule has 0 radical (unpaired) electrons. The van der Waals surface area contributed by atoms with Crippen LogP contribution < -0.4 is 0 Å². The summed E-state index contributed by atoms with van der Waals surface area (Å²) in [6.07, 6.45) is 2.04. The molecule has 0 atom stereocenters. The first-order chi connectivity index (χ1) is 6.25. The van der Waals surface area contributed by atoms with Crippen LogP contribution >= 0.6 is 0 Å². The number of nitrogens with one attached hydrogen (secondary N) is 1. The lowest BCUT2D eigenvalue weighted by Crippen LogP contribution is -1.74. The third-order valence-electron chi connectivity index (χ3n) is 2.21. The van der Waals surface area contributed by atoms with Crippen LogP contribution in [0.25, 0.3) is 11.1 Å². The molecule has 0 spiro atoms. The first kappa shape index (κ1) is 8.11. The van der Waals surface area contributed by atoms with E-state index in [1.807, 2.05) is 6.20 Å². The summed E-state index contributed by atoms with van der Waals surface area (Å²) in [5, 5.41) is 0. The molecular formula is C12H13N. The maximum Gasteiger partial charge on any atom is 0.0121 e. The predicted octanol–water partition coefficient (Wildman–Crippen LogP) is 3.30. The van der Waals surface area contributed by atoms with Crippen molar-refractivity contribution in [1.82, 2.24) is 4.98 Å². The molecule has 1 heterocycles. The second-order valence-electron chi connectivity index (χ2n) is 3.44. The van der Waals surface area contributed by atoms with E-state index in [1.165, 1.54) is 22.4 Å². The zero-order valence-electron chi connectivity index (χ0n) is 7.96. The molecule has 0 aliphatic rings. The Kier molecular flexibility index (Phi) is 1.93. The minimum Gasteiger partial charge on any atom is -0.365 e. The first-order valence-electron chi connectivity index (χ1n) is 4.48. The van der Waals surface area contributed by atoms with Crippen LogP contribution in [-0.4, -0.2) is 4.98 Å². The molecule has 0 aliphatic carbocycles. The molecule has 0 saturated carbocycles. The van der Waals surface area contributed by atoms with Gasteiger partial charge in [-0.05, 0) is 31.0 Å². The van der Waals surface area contributed by atoms with Gasteiger partial charge >= 0.3 is 0 Å². The average molecular weight is 171 g/mol. The van der Waals surface area contributed by atoms with E-state index >= 15 is 0 Å². The summed E-state index contributed by atoms with van der Waals surface area (Å²) in [4.78, 5) is 3.18. The van der Waals surface area contributed by atoms with Crippen molar-refractivity contribution in [1.29, 1.82) is 0 Å². The van der Waals surface area contributed by atoms with Gasteiger partial charge in [-0.25, -0.2) is 0 Å². The van der Waals surface area contributed by atoms with E-state index in [1.54, 1.807) is 0 Å². The fraction of sp³-hybridized carbons (Fsp3) is 0.167. The molecule has 2 rings (SSSR count). The Balaban J connectivity index is 2.41. The maximum absolute atomic E-state index is 3.18. The molecule has 1 N–H and O–H groups in total. The van der Waals surface area contributed by atoms with Gasteiger partial charge < -0.3 is 4.98 Å². The van der Waals surface area contributed by atoms with Crippen LogP contribution in [0.2, 0.25) is 0 Å². The fourth-order valence-electron chi connectivity index (χ4n) is 1.42. The van der Waals surface area contributed by atoms with Crippen LogP contribution in [-0.2, 0) is 0 Å². The Labute approximate surface area is 78.4 Å². The van der Waals surface area contributed by atoms with Crippen molar-refractivity contribution in [3.8, 4) is 11.1 Å². The molecule has 0 fully saturated rings. The summed E-state index contributed by atoms with van der Waals surface area (Å²) in [6.45, 7) is 4.17. The van der Waals surface area contributed by atoms with E-state index in [0.717, 1.165) is 0 Å². The van der Waals surface area contributed by atoms with Gasteiger partial charge in [0.05, 0.1) is 0 Å². The van der Waals surface area contributed by atoms with Gasteiger partial charge in [-0.2, -0.15) is 0 Å². The molecule has 1 heteroatoms. The lowest BCUT2D eigenvalue weighted by molar-refractivity contribution is 1.27. The van der Waals surface area contributed by atoms with Crippen molar-refractivity contribution in [2.75, 3.05) is 0 Å². The third-order valence-corrected chi connectivity index (χ3v) is 2.21. The number of aromatic amines is 1. The van der Waals surface area contributed by atoms with Crippen LogP contribution in [0, 0.1) is 13.8 Å². The molecule has 0 unspecified atom stereocenters. The number of aryl methyl sites for hydroxylation is 2. The van der Waals surface area contributed by atoms with Crippen LogP contribution in [0.3, 0.4) is 0 Å². The van der Waals surface area contributed by atoms with Crippen molar-refractivity contribution >= 4 is 0 Å². The van der Waals surface area contributed by atoms with Crippen LogP contribution in [0.4, 0.5) is 0 Å². The summed E-state index contributed by atoms with van der Waals surface area (Å²) in [5.41, 5.74) is 5.04. The Hall–Kier alpha value is -1.50. The standard InChI is InChI=1S/C12H13N/c1-9-3-5-11(6-4-9)12-7-10(2)13-8-12/h3-8,13H,1-2H3. The van der Waals surface area contributed by atoms with Crippen molar-refractivity contribution in [2.24, 2.45) is 0 Å². The molecular weight excluding hydrogens is 158 g/mol. The summed E-state index contributed by atoms with van der Waals surface area (Å²) in [6, 6.07) is 10.7. The van der Waals surface area contributed by atoms with Crippen LogP contribution in [0.15, 0.2) is 36.5 Å². The Morgan fingerprint density at radius 3 is 2.15 bits per heavy atom. The zero-order valence-corrected chi connectivity index (χ0v) is 7.96. The highest BCUT2D eigenvalue weighted by atomic mass is 14.7. The number of hydrogen-bond acceptors (Lipinski definition) is 0. The number of aromatic nitrogens is 1. The zero-order chi connectivity index (χ0) is 9.26. The minimum atomic E-state index is 1.20. The van der Waals surface area contributed by atoms with Crippen molar-refractivity contribution < 1.29 is 0 Å². The van der Waals surface area contributed by atoms with E-state index in [4.69, 9.17) is 0 Å². The number of benzene rings is 1. The second kappa shape index (κ2) is 3.09. The summed E-state index contributed by atoms with van der Waals surface area (Å²) in [7, 11) is 0. The van der Waals surface area contributed by atoms with E-state index in [-0.39, 0.29) is 0 Å². The highest BCUT2D eigenvalue weighted by molar-refractivity contribution is 5.63. The molecule has 13 heavy (non-hydrogen) atoms. The molecule has 0 amide bonds. The third kappa shape index (κ3) is 1.64. The lowest BCUT2D eigenvalue weighted by Gasteiger charge is -1.97. The van der Waals surface area contributed by atoms with Gasteiger partial charge in [0.2, 0.25) is 0 Å². The smallest absolute Gasteiger partial charge is 0.0121 e. The molecule has 0 bridgehead atoms. The number of H-pyrrole nitrogens is 1. The topological polar surface area (TPSA) is 15.8 Å². The number of rotatable bonds is 1. The lowest BCUT2D eigenvalue weighted by atomic mass is 10.1. The summed E-state index contributed by atoms with van der Waals surface area (Å²) in [5.74, 6) is 0. The summed E-state index contributed by atoms with van der Waals surface area (Å²) >= 11 is 0. The quantitative estimate of drug-likeness (QED) is 0.677. The highest BCUT2D eigenvalue weighted by Crippen LogP contribution is 2.19. The van der Waals surface area contributed by atoms with Gasteiger partial charge in [0.1, 0.15) is 0 Å². The van der Waals surface area contributed by atoms with Crippen LogP contribution in [0.5, 0.6) is 0 Å². The molecule has 0 aliphatic heterocycles. The molecule has 1 aromatic carbocycles. The average Bonchev–Trinajstić information content (AvgIpc) is 2.53. The molecule has 0 saturated heterocycles. The van der Waals surface area contributed by atoms with Crippen molar-refractivity contribution in [3.63, 3.8) is 0 Å². The van der Waals surface area contributed by atoms with Crippen molar-refractivity contribution in [3.05, 3.63) is 47.8 Å². The van der Waals surface area contributed by atoms with Gasteiger partial charge in [-0.3, -0.25) is 0 Å². The fourth-order valence-corrected chi connectivity index (χ4v) is 1.42. The Morgan fingerprint density at radius 1 is 0.923 bits per heavy atom. The number of hydrogen-bond donors (Lipinski definition) is 1. The predicted molar refractivity (Wildman–Crippen MR) is 55.7 cm³/mol. The van der Waals surface area contributed by atoms with E-state index < -0.39 is 0 Å². The minimum absolute atomic E-state index is 1.20. The van der Waals surface area contributed by atoms with Crippen LogP contribution in [0.1, 0.15) is 11.3 Å². The monoisotopic (exact) mass is 171 g/mol. The maximum atomic E-state index is 3.18. The Bertz CT molecular complexity index is 395. The van der Waals surface area contributed by atoms with Gasteiger partial charge in [-0.1, -0.05) is 29.8 Å². The highest BCUT2D eigenvalue weighted by Gasteiger charge is 1.97. The second-order valence-corrected chi connectivity index (χ2v) is 3.44. The summed E-state index contributed by atoms with van der Waals surface area (Å²) < 4.78 is 0. The molecule has 1 nitrogen and oxygen atoms in total. The SMILES string of the molecule is Cc1ccc(-c2c[nH]c(C)c2)cc1. The van der Waals surface area contributed by atoms with E-state index in [0.29, 0.717) is 0 Å². The van der Waals surface area contributed by atoms with Gasteiger partial charge in [-0.15, -0.1) is 0 Å². The van der Waals surface area contributed by atoms with Gasteiger partial charge in [0.25, 0.3) is 0 Å².